The summed E-state index contributed by atoms with van der Waals surface area (Å²) in [7, 11) is 2.89. The molecular formula is C52H82N6O19. The van der Waals surface area contributed by atoms with Gasteiger partial charge in [0, 0.05) is 60.3 Å². The molecule has 0 saturated carbocycles. The molecule has 2 aliphatic rings. The van der Waals surface area contributed by atoms with Gasteiger partial charge in [0.05, 0.1) is 31.0 Å². The molecular weight excluding hydrogens is 1010 g/mol. The van der Waals surface area contributed by atoms with Crippen molar-refractivity contribution in [1.29, 1.82) is 0 Å². The van der Waals surface area contributed by atoms with Crippen LogP contribution in [0.2, 0.25) is 0 Å². The highest BCUT2D eigenvalue weighted by atomic mass is 16.7. The van der Waals surface area contributed by atoms with Crippen LogP contribution in [0.3, 0.4) is 0 Å². The lowest BCUT2D eigenvalue weighted by Crippen LogP contribution is -2.62. The summed E-state index contributed by atoms with van der Waals surface area (Å²) in [6.45, 7) is 15.6. The predicted octanol–water partition coefficient (Wildman–Crippen LogP) is 0.285. The molecule has 1 aromatic carbocycles. The average molecular weight is 1100 g/mol. The van der Waals surface area contributed by atoms with Crippen LogP contribution in [0.4, 0.5) is 0 Å². The zero-order valence-corrected chi connectivity index (χ0v) is 46.4. The SMILES string of the molecule is CCCCCC(=O)N[C@@H](Cc1ccccc1)C(=O)N[C@H](C(=O)N[C@@H](C)C(=O)N[C@H](C(=O)N[C@@H](C)C(=O)N[C@H](C)CO[C@@H]1O[C@@H](C)[C@H](OC)[C@H](OC)[C@H]1OC(C)=O)[C@H](C)O[C@@H]1O[C@@H](C)[C@H](OC(C)=O)C[C@H]1OC(C)=O)[C@@H](C)O. The maximum absolute atomic E-state index is 14.3. The highest BCUT2D eigenvalue weighted by molar-refractivity contribution is 5.96. The average Bonchev–Trinajstić information content (AvgIpc) is 3.35. The lowest BCUT2D eigenvalue weighted by atomic mass is 9.99. The maximum Gasteiger partial charge on any atom is 0.303 e. The Morgan fingerprint density at radius 2 is 1.17 bits per heavy atom. The van der Waals surface area contributed by atoms with Crippen LogP contribution in [0.1, 0.15) is 114 Å². The number of aliphatic hydroxyl groups excluding tert-OH is 1. The van der Waals surface area contributed by atoms with Crippen molar-refractivity contribution < 1.29 is 90.9 Å². The third-order valence-corrected chi connectivity index (χ3v) is 12.7. The van der Waals surface area contributed by atoms with E-state index < -0.39 is 151 Å². The second kappa shape index (κ2) is 32.2. The van der Waals surface area contributed by atoms with Gasteiger partial charge in [-0.05, 0) is 60.5 Å². The van der Waals surface area contributed by atoms with Crippen molar-refractivity contribution in [2.75, 3.05) is 20.8 Å². The fourth-order valence-electron chi connectivity index (χ4n) is 8.60. The summed E-state index contributed by atoms with van der Waals surface area (Å²) >= 11 is 0. The van der Waals surface area contributed by atoms with Crippen LogP contribution >= 0.6 is 0 Å². The topological polar surface area (TPSA) is 329 Å². The summed E-state index contributed by atoms with van der Waals surface area (Å²) in [6, 6.07) is 0.989. The first-order chi connectivity index (χ1) is 36.3. The number of aliphatic hydroxyl groups is 1. The molecule has 25 heteroatoms. The molecule has 0 unspecified atom stereocenters. The van der Waals surface area contributed by atoms with Crippen molar-refractivity contribution in [3.8, 4) is 0 Å². The van der Waals surface area contributed by atoms with Gasteiger partial charge in [-0.15, -0.1) is 0 Å². The highest BCUT2D eigenvalue weighted by Gasteiger charge is 2.48. The van der Waals surface area contributed by atoms with Gasteiger partial charge in [-0.3, -0.25) is 43.2 Å². The van der Waals surface area contributed by atoms with Crippen molar-refractivity contribution >= 4 is 53.4 Å². The summed E-state index contributed by atoms with van der Waals surface area (Å²) in [5.41, 5.74) is 0.716. The molecule has 77 heavy (non-hydrogen) atoms. The van der Waals surface area contributed by atoms with Crippen LogP contribution in [-0.4, -0.2) is 183 Å². The smallest absolute Gasteiger partial charge is 0.303 e. The molecule has 0 radical (unpaired) electrons. The first-order valence-corrected chi connectivity index (χ1v) is 26.0. The number of methoxy groups -OCH3 is 2. The molecule has 25 nitrogen and oxygen atoms in total. The Kier molecular flexibility index (Phi) is 27.3. The van der Waals surface area contributed by atoms with Gasteiger partial charge in [0.25, 0.3) is 0 Å². The van der Waals surface area contributed by atoms with E-state index in [1.807, 2.05) is 6.92 Å². The molecule has 2 saturated heterocycles. The largest absolute Gasteiger partial charge is 0.460 e. The molecule has 2 fully saturated rings. The Morgan fingerprint density at radius 1 is 0.623 bits per heavy atom. The second-order valence-electron chi connectivity index (χ2n) is 19.5. The third kappa shape index (κ3) is 21.1. The molecule has 0 spiro atoms. The van der Waals surface area contributed by atoms with Crippen LogP contribution in [0.25, 0.3) is 0 Å². The molecule has 17 atom stereocenters. The molecule has 7 N–H and O–H groups in total. The first kappa shape index (κ1) is 65.5. The number of carbonyl (C=O) groups excluding carboxylic acids is 9. The number of amides is 6. The Morgan fingerprint density at radius 3 is 1.73 bits per heavy atom. The number of ether oxygens (including phenoxy) is 9. The monoisotopic (exact) mass is 1090 g/mol. The second-order valence-corrected chi connectivity index (χ2v) is 19.5. The fourth-order valence-corrected chi connectivity index (χ4v) is 8.60. The van der Waals surface area contributed by atoms with Crippen molar-refractivity contribution in [3.05, 3.63) is 35.9 Å². The van der Waals surface area contributed by atoms with Gasteiger partial charge in [0.1, 0.15) is 48.5 Å². The van der Waals surface area contributed by atoms with Gasteiger partial charge in [0.2, 0.25) is 35.4 Å². The van der Waals surface area contributed by atoms with Crippen LogP contribution < -0.4 is 31.9 Å². The highest BCUT2D eigenvalue weighted by Crippen LogP contribution is 2.29. The van der Waals surface area contributed by atoms with E-state index in [-0.39, 0.29) is 31.8 Å². The number of unbranched alkanes of at least 4 members (excludes halogenated alkanes) is 2. The maximum atomic E-state index is 14.3. The molecule has 0 aliphatic carbocycles. The van der Waals surface area contributed by atoms with Crippen LogP contribution in [0.15, 0.2) is 30.3 Å². The Bertz CT molecular complexity index is 2120. The van der Waals surface area contributed by atoms with E-state index in [1.54, 1.807) is 51.1 Å². The summed E-state index contributed by atoms with van der Waals surface area (Å²) < 4.78 is 51.5. The van der Waals surface area contributed by atoms with Crippen LogP contribution in [0, 0.1) is 0 Å². The van der Waals surface area contributed by atoms with E-state index in [0.717, 1.165) is 19.8 Å². The van der Waals surface area contributed by atoms with E-state index in [1.165, 1.54) is 55.8 Å². The van der Waals surface area contributed by atoms with Crippen molar-refractivity contribution in [2.24, 2.45) is 0 Å². The normalized spacial score (nSPS) is 25.3. The minimum absolute atomic E-state index is 0.0562. The number of esters is 3. The van der Waals surface area contributed by atoms with Gasteiger partial charge in [-0.2, -0.15) is 0 Å². The number of nitrogens with one attached hydrogen (secondary N) is 6. The van der Waals surface area contributed by atoms with Gasteiger partial charge in [-0.1, -0.05) is 50.1 Å². The first-order valence-electron chi connectivity index (χ1n) is 26.0. The van der Waals surface area contributed by atoms with Gasteiger partial charge in [-0.25, -0.2) is 0 Å². The zero-order valence-electron chi connectivity index (χ0n) is 46.4. The third-order valence-electron chi connectivity index (χ3n) is 12.7. The molecule has 3 rings (SSSR count). The van der Waals surface area contributed by atoms with Gasteiger partial charge < -0.3 is 79.6 Å². The summed E-state index contributed by atoms with van der Waals surface area (Å²) in [5, 5.41) is 26.3. The van der Waals surface area contributed by atoms with Gasteiger partial charge >= 0.3 is 17.9 Å². The predicted molar refractivity (Wildman–Crippen MR) is 273 cm³/mol. The number of carbonyl (C=O) groups is 9. The summed E-state index contributed by atoms with van der Waals surface area (Å²) in [5.74, 6) is -6.70. The van der Waals surface area contributed by atoms with E-state index in [2.05, 4.69) is 31.9 Å². The summed E-state index contributed by atoms with van der Waals surface area (Å²) in [6.07, 6.45) is -8.61. The molecule has 6 amide bonds. The van der Waals surface area contributed by atoms with Crippen molar-refractivity contribution in [1.82, 2.24) is 31.9 Å². The van der Waals surface area contributed by atoms with E-state index in [4.69, 9.17) is 42.6 Å². The lowest BCUT2D eigenvalue weighted by Gasteiger charge is -2.43. The molecule has 1 aromatic rings. The molecule has 0 bridgehead atoms. The van der Waals surface area contributed by atoms with E-state index >= 15 is 0 Å². The van der Waals surface area contributed by atoms with E-state index in [9.17, 15) is 48.3 Å². The fraction of sp³-hybridized carbons (Fsp3) is 0.712. The van der Waals surface area contributed by atoms with Gasteiger partial charge in [0.15, 0.2) is 24.8 Å². The lowest BCUT2D eigenvalue weighted by molar-refractivity contribution is -0.304. The number of hydrogen-bond acceptors (Lipinski definition) is 19. The molecule has 0 aromatic heterocycles. The standard InChI is InChI=1S/C52H82N6O19/c1-14-15-17-22-40(63)56-37(23-36-20-18-16-19-21-36)48(66)57-41(29(5)59)49(67)54-28(4)47(65)58-42(31(7)73-51-39(76-34(10)61)24-38(30(6)72-51)75-33(9)60)50(68)55-27(3)46(64)53-26(2)25-71-52-45(77-35(11)62)44(70-13)43(69-12)32(8)74-52/h16,18-21,26-32,37-39,41-45,51-52,59H,14-15,17,22-25H2,1-13H3,(H,53,64)(H,54,67)(H,55,68)(H,56,63)(H,57,66)(H,58,65)/t26-,27+,28+,29-,30+,31+,32+,37+,38-,39-,41+,42+,43+,44+,45-,51+,52-/m1/s1. The van der Waals surface area contributed by atoms with Crippen molar-refractivity contribution in [3.63, 3.8) is 0 Å². The Labute approximate surface area is 450 Å². The molecule has 434 valence electrons. The summed E-state index contributed by atoms with van der Waals surface area (Å²) in [4.78, 5) is 119. The van der Waals surface area contributed by atoms with E-state index in [0.29, 0.717) is 12.0 Å². The Hall–Kier alpha value is -5.83. The molecule has 2 aliphatic heterocycles. The zero-order chi connectivity index (χ0) is 57.7. The molecule has 2 heterocycles. The minimum atomic E-state index is -1.67. The quantitative estimate of drug-likeness (QED) is 0.0322. The number of hydrogen-bond donors (Lipinski definition) is 7. The number of benzene rings is 1. The number of rotatable bonds is 29. The van der Waals surface area contributed by atoms with Crippen molar-refractivity contribution in [2.45, 2.75) is 218 Å². The minimum Gasteiger partial charge on any atom is -0.460 e. The van der Waals surface area contributed by atoms with Crippen LogP contribution in [-0.2, 0) is 92.2 Å². The van der Waals surface area contributed by atoms with Crippen LogP contribution in [0.5, 0.6) is 0 Å². The Balaban J connectivity index is 1.83.